The van der Waals surface area contributed by atoms with Gasteiger partial charge in [-0.05, 0) is 86.3 Å². The Kier molecular flexibility index (Phi) is 7.79. The van der Waals surface area contributed by atoms with E-state index in [0.29, 0.717) is 6.61 Å². The van der Waals surface area contributed by atoms with E-state index in [1.54, 1.807) is 0 Å². The summed E-state index contributed by atoms with van der Waals surface area (Å²) in [4.78, 5) is 13.2. The van der Waals surface area contributed by atoms with Gasteiger partial charge in [-0.15, -0.1) is 0 Å². The lowest BCUT2D eigenvalue weighted by Gasteiger charge is -2.47. The molecule has 35 heavy (non-hydrogen) atoms. The maximum absolute atomic E-state index is 13.2. The van der Waals surface area contributed by atoms with Crippen molar-refractivity contribution in [1.29, 1.82) is 0 Å². The predicted molar refractivity (Wildman–Crippen MR) is 146 cm³/mol. The van der Waals surface area contributed by atoms with Crippen molar-refractivity contribution < 1.29 is 9.53 Å². The molecule has 1 saturated carbocycles. The van der Waals surface area contributed by atoms with Gasteiger partial charge in [0.15, 0.2) is 0 Å². The van der Waals surface area contributed by atoms with Crippen LogP contribution in [0.25, 0.3) is 0 Å². The average molecular weight is 517 g/mol. The zero-order valence-electron chi connectivity index (χ0n) is 21.7. The molecular formula is C30H39Cl2NO2. The summed E-state index contributed by atoms with van der Waals surface area (Å²) in [7, 11) is 0. The molecule has 0 aromatic heterocycles. The summed E-state index contributed by atoms with van der Waals surface area (Å²) in [5.41, 5.74) is 2.20. The monoisotopic (exact) mass is 515 g/mol. The van der Waals surface area contributed by atoms with E-state index in [0.717, 1.165) is 53.5 Å². The maximum atomic E-state index is 13.2. The molecule has 0 spiro atoms. The van der Waals surface area contributed by atoms with Crippen LogP contribution >= 0.6 is 23.2 Å². The third-order valence-electron chi connectivity index (χ3n) is 9.26. The maximum Gasteiger partial charge on any atom is 0.226 e. The van der Waals surface area contributed by atoms with Gasteiger partial charge in [-0.3, -0.25) is 4.79 Å². The molecule has 5 heteroatoms. The van der Waals surface area contributed by atoms with E-state index in [9.17, 15) is 4.79 Å². The number of carbonyl (C=O) groups is 1. The Bertz CT molecular complexity index is 1050. The van der Waals surface area contributed by atoms with Crippen LogP contribution in [0.15, 0.2) is 42.5 Å². The van der Waals surface area contributed by atoms with Crippen molar-refractivity contribution in [2.45, 2.75) is 84.6 Å². The van der Waals surface area contributed by atoms with Crippen molar-refractivity contribution >= 4 is 29.1 Å². The number of ether oxygens (including phenoxy) is 1. The molecular weight excluding hydrogens is 477 g/mol. The van der Waals surface area contributed by atoms with E-state index in [4.69, 9.17) is 27.9 Å². The Morgan fingerprint density at radius 3 is 2.37 bits per heavy atom. The van der Waals surface area contributed by atoms with E-state index in [-0.39, 0.29) is 40.5 Å². The van der Waals surface area contributed by atoms with E-state index >= 15 is 0 Å². The number of halogens is 2. The summed E-state index contributed by atoms with van der Waals surface area (Å²) in [6.07, 6.45) is 4.79. The quantitative estimate of drug-likeness (QED) is 0.383. The molecule has 190 valence electrons. The number of amides is 1. The van der Waals surface area contributed by atoms with Crippen LogP contribution in [0.3, 0.4) is 0 Å². The molecule has 3 nitrogen and oxygen atoms in total. The second-order valence-electron chi connectivity index (χ2n) is 11.0. The normalized spacial score (nSPS) is 28.5. The number of benzene rings is 2. The number of rotatable bonds is 8. The highest BCUT2D eigenvalue weighted by atomic mass is 35.5. The largest absolute Gasteiger partial charge is 0.493 e. The second kappa shape index (κ2) is 10.3. The van der Waals surface area contributed by atoms with Crippen LogP contribution in [-0.2, 0) is 4.79 Å². The summed E-state index contributed by atoms with van der Waals surface area (Å²) < 4.78 is 6.18. The third-order valence-corrected chi connectivity index (χ3v) is 9.84. The smallest absolute Gasteiger partial charge is 0.226 e. The zero-order chi connectivity index (χ0) is 25.4. The summed E-state index contributed by atoms with van der Waals surface area (Å²) in [6, 6.07) is 14.5. The Morgan fingerprint density at radius 2 is 1.77 bits per heavy atom. The first-order valence-electron chi connectivity index (χ1n) is 13.2. The molecule has 2 aromatic carbocycles. The minimum absolute atomic E-state index is 0.105. The van der Waals surface area contributed by atoms with Crippen LogP contribution in [0.5, 0.6) is 5.75 Å². The van der Waals surface area contributed by atoms with Gasteiger partial charge < -0.3 is 10.1 Å². The van der Waals surface area contributed by atoms with E-state index < -0.39 is 0 Å². The molecule has 1 N–H and O–H groups in total. The number of carbonyl (C=O) groups excluding carboxylic acids is 1. The van der Waals surface area contributed by atoms with Crippen LogP contribution in [0.2, 0.25) is 10.0 Å². The van der Waals surface area contributed by atoms with Gasteiger partial charge in [0.05, 0.1) is 12.0 Å². The fraction of sp³-hybridized carbons (Fsp3) is 0.567. The van der Waals surface area contributed by atoms with Crippen molar-refractivity contribution in [3.8, 4) is 5.75 Å². The van der Waals surface area contributed by atoms with Gasteiger partial charge in [-0.1, -0.05) is 69.1 Å². The van der Waals surface area contributed by atoms with Crippen LogP contribution < -0.4 is 10.1 Å². The minimum Gasteiger partial charge on any atom is -0.493 e. The van der Waals surface area contributed by atoms with Gasteiger partial charge in [-0.25, -0.2) is 0 Å². The summed E-state index contributed by atoms with van der Waals surface area (Å²) in [5, 5.41) is 4.75. The first kappa shape index (κ1) is 26.4. The molecule has 0 bridgehead atoms. The lowest BCUT2D eigenvalue weighted by molar-refractivity contribution is -0.131. The topological polar surface area (TPSA) is 38.3 Å². The molecule has 2 fully saturated rings. The van der Waals surface area contributed by atoms with Gasteiger partial charge in [-0.2, -0.15) is 0 Å². The minimum atomic E-state index is -0.333. The lowest BCUT2D eigenvalue weighted by Crippen LogP contribution is -2.43. The molecule has 1 saturated heterocycles. The summed E-state index contributed by atoms with van der Waals surface area (Å²) >= 11 is 13.2. The first-order chi connectivity index (χ1) is 16.7. The Hall–Kier alpha value is -1.71. The highest BCUT2D eigenvalue weighted by molar-refractivity contribution is 6.31. The molecule has 0 radical (unpaired) electrons. The van der Waals surface area contributed by atoms with Crippen molar-refractivity contribution in [2.75, 3.05) is 6.61 Å². The Morgan fingerprint density at radius 1 is 1.09 bits per heavy atom. The summed E-state index contributed by atoms with van der Waals surface area (Å²) in [5.74, 6) is 1.61. The fourth-order valence-electron chi connectivity index (χ4n) is 6.50. The lowest BCUT2D eigenvalue weighted by atomic mass is 9.54. The molecule has 1 amide bonds. The van der Waals surface area contributed by atoms with Crippen LogP contribution in [-0.4, -0.2) is 18.6 Å². The van der Waals surface area contributed by atoms with Crippen LogP contribution in [0.1, 0.15) is 89.7 Å². The molecule has 1 heterocycles. The number of hydrogen-bond acceptors (Lipinski definition) is 2. The van der Waals surface area contributed by atoms with Gasteiger partial charge in [0.2, 0.25) is 5.91 Å². The van der Waals surface area contributed by atoms with Crippen LogP contribution in [0, 0.1) is 16.7 Å². The second-order valence-corrected chi connectivity index (χ2v) is 11.9. The van der Waals surface area contributed by atoms with Crippen molar-refractivity contribution in [3.63, 3.8) is 0 Å². The number of hydrogen-bond donors (Lipinski definition) is 1. The highest BCUT2D eigenvalue weighted by Gasteiger charge is 2.59. The molecule has 5 atom stereocenters. The molecule has 2 aromatic rings. The molecule has 0 unspecified atom stereocenters. The zero-order valence-corrected chi connectivity index (χ0v) is 23.2. The van der Waals surface area contributed by atoms with Crippen molar-refractivity contribution in [3.05, 3.63) is 63.6 Å². The Labute approximate surface area is 220 Å². The highest BCUT2D eigenvalue weighted by Crippen LogP contribution is 2.60. The van der Waals surface area contributed by atoms with E-state index in [1.165, 1.54) is 5.56 Å². The van der Waals surface area contributed by atoms with Gasteiger partial charge in [0, 0.05) is 27.4 Å². The van der Waals surface area contributed by atoms with Crippen molar-refractivity contribution in [1.82, 2.24) is 5.32 Å². The van der Waals surface area contributed by atoms with Crippen LogP contribution in [0.4, 0.5) is 0 Å². The number of nitrogens with one attached hydrogen (secondary N) is 1. The van der Waals surface area contributed by atoms with Gasteiger partial charge in [0.25, 0.3) is 0 Å². The summed E-state index contributed by atoms with van der Waals surface area (Å²) in [6.45, 7) is 11.7. The average Bonchev–Trinajstić information content (AvgIpc) is 3.12. The molecule has 1 aliphatic heterocycles. The number of fused-ring (bicyclic) bond motifs is 1. The standard InChI is InChI=1S/C30H39Cl2NO2/c1-6-29(5,7-2)18-35-22-13-14-23(25(32)17-22)24-15-16-30(8-3)27(19(4)33-28(30)34)26(24)20-9-11-21(31)12-10-20/h9-14,17,19,24,26-27H,6-8,15-16,18H2,1-5H3,(H,33,34)/t19-,24+,26+,27+,30-/m1/s1. The molecule has 1 aliphatic carbocycles. The molecule has 4 rings (SSSR count). The van der Waals surface area contributed by atoms with Gasteiger partial charge >= 0.3 is 0 Å². The SMILES string of the molecule is CCC(C)(CC)COc1ccc([C@@H]2CC[C@@]3(CC)C(=O)N[C@H](C)[C@H]3[C@H]2c2ccc(Cl)cc2)c(Cl)c1. The third kappa shape index (κ3) is 4.83. The molecule has 2 aliphatic rings. The van der Waals surface area contributed by atoms with E-state index in [2.05, 4.69) is 64.2 Å². The van der Waals surface area contributed by atoms with Gasteiger partial charge in [0.1, 0.15) is 5.75 Å². The van der Waals surface area contributed by atoms with Crippen molar-refractivity contribution in [2.24, 2.45) is 16.7 Å². The first-order valence-corrected chi connectivity index (χ1v) is 13.9. The van der Waals surface area contributed by atoms with E-state index in [1.807, 2.05) is 18.2 Å². The Balaban J connectivity index is 1.70. The fourth-order valence-corrected chi connectivity index (χ4v) is 6.94. The predicted octanol–water partition coefficient (Wildman–Crippen LogP) is 8.39.